The summed E-state index contributed by atoms with van der Waals surface area (Å²) in [4.78, 5) is 0. The highest BCUT2D eigenvalue weighted by Crippen LogP contribution is 1.99. The Bertz CT molecular complexity index is 207. The van der Waals surface area contributed by atoms with Crippen LogP contribution in [0.2, 0.25) is 0 Å². The number of hydrogen-bond acceptors (Lipinski definition) is 1. The summed E-state index contributed by atoms with van der Waals surface area (Å²) in [5.74, 6) is 0. The summed E-state index contributed by atoms with van der Waals surface area (Å²) in [6.45, 7) is 0.0885. The van der Waals surface area contributed by atoms with Crippen LogP contribution < -0.4 is 0 Å². The Labute approximate surface area is 48.0 Å². The minimum Gasteiger partial charge on any atom is -0.391 e. The molecule has 0 saturated carbocycles. The zero-order chi connectivity index (χ0) is 5.82. The number of hydrogen-bond donors (Lipinski definition) is 1. The molecule has 0 unspecified atom stereocenters. The van der Waals surface area contributed by atoms with Gasteiger partial charge < -0.3 is 5.11 Å². The van der Waals surface area contributed by atoms with Crippen molar-refractivity contribution in [2.45, 2.75) is 6.42 Å². The molecule has 1 aliphatic rings. The van der Waals surface area contributed by atoms with Gasteiger partial charge in [-0.05, 0) is 11.8 Å². The molecule has 0 saturated heterocycles. The van der Waals surface area contributed by atoms with E-state index in [-0.39, 0.29) is 6.61 Å². The second-order valence-corrected chi connectivity index (χ2v) is 1.56. The maximum Gasteiger partial charge on any atom is 0.0725 e. The van der Waals surface area contributed by atoms with Crippen molar-refractivity contribution in [3.05, 3.63) is 28.8 Å². The van der Waals surface area contributed by atoms with Crippen molar-refractivity contribution in [1.29, 1.82) is 0 Å². The largest absolute Gasteiger partial charge is 0.391 e. The van der Waals surface area contributed by atoms with Gasteiger partial charge in [0.15, 0.2) is 0 Å². The van der Waals surface area contributed by atoms with Crippen LogP contribution in [0.3, 0.4) is 0 Å². The first kappa shape index (κ1) is 5.18. The van der Waals surface area contributed by atoms with Crippen LogP contribution >= 0.6 is 0 Å². The Balaban J connectivity index is 2.91. The Hall–Kier alpha value is -0.960. The zero-order valence-electron chi connectivity index (χ0n) is 4.44. The summed E-state index contributed by atoms with van der Waals surface area (Å²) in [6, 6.07) is 0. The molecule has 0 radical (unpaired) electrons. The van der Waals surface area contributed by atoms with E-state index in [4.69, 9.17) is 5.11 Å². The molecule has 0 bridgehead atoms. The SMILES string of the molecule is OCC1=C=C=C=CC1. The van der Waals surface area contributed by atoms with Crippen LogP contribution in [0, 0.1) is 0 Å². The molecule has 1 N–H and O–H groups in total. The second-order valence-electron chi connectivity index (χ2n) is 1.56. The standard InChI is InChI=1S/C7H6O/c8-6-7-4-2-1-3-5-7/h2,8H,4,6H2. The average Bonchev–Trinajstić information content (AvgIpc) is 1.90. The maximum absolute atomic E-state index is 8.50. The number of aliphatic hydroxyl groups excluding tert-OH is 1. The predicted octanol–water partition coefficient (Wildman–Crippen LogP) is 0.774. The molecule has 1 aliphatic carbocycles. The van der Waals surface area contributed by atoms with Gasteiger partial charge in [-0.25, -0.2) is 0 Å². The van der Waals surface area contributed by atoms with Crippen LogP contribution in [0.4, 0.5) is 0 Å². The second kappa shape index (κ2) is 2.37. The van der Waals surface area contributed by atoms with Gasteiger partial charge in [-0.1, -0.05) is 11.5 Å². The highest BCUT2D eigenvalue weighted by Gasteiger charge is 1.89. The van der Waals surface area contributed by atoms with Crippen LogP contribution in [0.25, 0.3) is 0 Å². The van der Waals surface area contributed by atoms with Crippen molar-refractivity contribution in [2.24, 2.45) is 0 Å². The maximum atomic E-state index is 8.50. The van der Waals surface area contributed by atoms with Gasteiger partial charge in [-0.15, -0.1) is 0 Å². The van der Waals surface area contributed by atoms with Crippen molar-refractivity contribution in [2.75, 3.05) is 6.61 Å². The fraction of sp³-hybridized carbons (Fsp3) is 0.286. The highest BCUT2D eigenvalue weighted by molar-refractivity contribution is 5.10. The van der Waals surface area contributed by atoms with Gasteiger partial charge in [0.25, 0.3) is 0 Å². The molecule has 0 aromatic carbocycles. The molecule has 40 valence electrons. The zero-order valence-corrected chi connectivity index (χ0v) is 4.44. The smallest absolute Gasteiger partial charge is 0.0725 e. The Morgan fingerprint density at radius 1 is 1.75 bits per heavy atom. The molecule has 0 fully saturated rings. The highest BCUT2D eigenvalue weighted by atomic mass is 16.3. The Morgan fingerprint density at radius 2 is 2.62 bits per heavy atom. The molecule has 0 aromatic rings. The van der Waals surface area contributed by atoms with Crippen molar-refractivity contribution >= 4 is 0 Å². The summed E-state index contributed by atoms with van der Waals surface area (Å²) in [5, 5.41) is 8.50. The third-order valence-corrected chi connectivity index (χ3v) is 0.953. The summed E-state index contributed by atoms with van der Waals surface area (Å²) < 4.78 is 0. The van der Waals surface area contributed by atoms with E-state index in [2.05, 4.69) is 17.2 Å². The van der Waals surface area contributed by atoms with Gasteiger partial charge in [0.05, 0.1) is 6.61 Å². The third-order valence-electron chi connectivity index (χ3n) is 0.953. The first-order valence-electron chi connectivity index (χ1n) is 2.47. The molecule has 0 atom stereocenters. The monoisotopic (exact) mass is 106 g/mol. The van der Waals surface area contributed by atoms with Crippen LogP contribution in [0.1, 0.15) is 6.42 Å². The van der Waals surface area contributed by atoms with Gasteiger partial charge in [-0.3, -0.25) is 0 Å². The first-order valence-corrected chi connectivity index (χ1v) is 2.47. The molecule has 0 heterocycles. The normalized spacial score (nSPS) is 14.4. The van der Waals surface area contributed by atoms with E-state index in [1.807, 2.05) is 6.08 Å². The van der Waals surface area contributed by atoms with Gasteiger partial charge in [-0.2, -0.15) is 0 Å². The Kier molecular flexibility index (Phi) is 1.54. The molecule has 1 nitrogen and oxygen atoms in total. The molecule has 0 spiro atoms. The lowest BCUT2D eigenvalue weighted by Crippen LogP contribution is -1.86. The van der Waals surface area contributed by atoms with Crippen LogP contribution in [0.5, 0.6) is 0 Å². The quantitative estimate of drug-likeness (QED) is 0.489. The lowest BCUT2D eigenvalue weighted by atomic mass is 10.2. The van der Waals surface area contributed by atoms with Crippen LogP contribution in [-0.2, 0) is 0 Å². The van der Waals surface area contributed by atoms with E-state index in [0.29, 0.717) is 0 Å². The van der Waals surface area contributed by atoms with E-state index in [1.165, 1.54) is 0 Å². The third kappa shape index (κ3) is 1.01. The molecular formula is C7H6O. The lowest BCUT2D eigenvalue weighted by Gasteiger charge is -1.91. The molecule has 1 rings (SSSR count). The van der Waals surface area contributed by atoms with Gasteiger partial charge >= 0.3 is 0 Å². The van der Waals surface area contributed by atoms with Gasteiger partial charge in [0, 0.05) is 12.0 Å². The molecule has 8 heavy (non-hydrogen) atoms. The van der Waals surface area contributed by atoms with Crippen LogP contribution in [0.15, 0.2) is 28.8 Å². The van der Waals surface area contributed by atoms with E-state index < -0.39 is 0 Å². The number of rotatable bonds is 1. The topological polar surface area (TPSA) is 20.2 Å². The summed E-state index contributed by atoms with van der Waals surface area (Å²) in [7, 11) is 0. The van der Waals surface area contributed by atoms with E-state index in [1.54, 1.807) is 0 Å². The van der Waals surface area contributed by atoms with Gasteiger partial charge in [0.2, 0.25) is 0 Å². The minimum absolute atomic E-state index is 0.0885. The molecule has 1 heteroatoms. The minimum atomic E-state index is 0.0885. The van der Waals surface area contributed by atoms with Gasteiger partial charge in [0.1, 0.15) is 0 Å². The van der Waals surface area contributed by atoms with Crippen LogP contribution in [-0.4, -0.2) is 11.7 Å². The Morgan fingerprint density at radius 3 is 3.00 bits per heavy atom. The van der Waals surface area contributed by atoms with Crippen molar-refractivity contribution in [3.8, 4) is 0 Å². The first-order chi connectivity index (χ1) is 3.93. The summed E-state index contributed by atoms with van der Waals surface area (Å²) in [5.41, 5.74) is 8.99. The van der Waals surface area contributed by atoms with E-state index >= 15 is 0 Å². The van der Waals surface area contributed by atoms with Crippen molar-refractivity contribution in [1.82, 2.24) is 0 Å². The average molecular weight is 106 g/mol. The molecule has 0 amide bonds. The molecular weight excluding hydrogens is 100 g/mol. The summed E-state index contributed by atoms with van der Waals surface area (Å²) in [6.07, 6.45) is 2.59. The number of allylic oxidation sites excluding steroid dienone is 1. The molecule has 0 aliphatic heterocycles. The predicted molar refractivity (Wildman–Crippen MR) is 30.3 cm³/mol. The fourth-order valence-corrected chi connectivity index (χ4v) is 0.505. The summed E-state index contributed by atoms with van der Waals surface area (Å²) >= 11 is 0. The molecule has 0 aromatic heterocycles. The van der Waals surface area contributed by atoms with E-state index in [9.17, 15) is 0 Å². The number of aliphatic hydroxyl groups is 1. The van der Waals surface area contributed by atoms with Crippen molar-refractivity contribution < 1.29 is 5.11 Å². The fourth-order valence-electron chi connectivity index (χ4n) is 0.505. The van der Waals surface area contributed by atoms with E-state index in [0.717, 1.165) is 12.0 Å². The lowest BCUT2D eigenvalue weighted by molar-refractivity contribution is 0.329. The van der Waals surface area contributed by atoms with Crippen molar-refractivity contribution in [3.63, 3.8) is 0 Å².